The minimum absolute atomic E-state index is 0.647. The van der Waals surface area contributed by atoms with E-state index in [1.165, 1.54) is 56.0 Å². The SMILES string of the molecule is CN.c1nc2c(ccc3[nH]cc(C4CN5CCC4CC5)c32)o1. The predicted octanol–water partition coefficient (Wildman–Crippen LogP) is 2.69. The van der Waals surface area contributed by atoms with E-state index in [-0.39, 0.29) is 0 Å². The molecule has 3 fully saturated rings. The van der Waals surface area contributed by atoms with Gasteiger partial charge < -0.3 is 20.0 Å². The van der Waals surface area contributed by atoms with Gasteiger partial charge in [0.05, 0.1) is 0 Å². The van der Waals surface area contributed by atoms with Gasteiger partial charge in [0, 0.05) is 29.6 Å². The highest BCUT2D eigenvalue weighted by Gasteiger charge is 2.36. The maximum absolute atomic E-state index is 5.46. The zero-order chi connectivity index (χ0) is 15.1. The van der Waals surface area contributed by atoms with Gasteiger partial charge in [0.1, 0.15) is 5.52 Å². The van der Waals surface area contributed by atoms with Gasteiger partial charge >= 0.3 is 0 Å². The van der Waals surface area contributed by atoms with E-state index in [9.17, 15) is 0 Å². The normalized spacial score (nSPS) is 27.1. The number of hydrogen-bond acceptors (Lipinski definition) is 4. The molecule has 2 bridgehead atoms. The number of rotatable bonds is 1. The van der Waals surface area contributed by atoms with Crippen LogP contribution in [0.5, 0.6) is 0 Å². The molecule has 116 valence electrons. The van der Waals surface area contributed by atoms with Crippen LogP contribution < -0.4 is 5.73 Å². The van der Waals surface area contributed by atoms with E-state index in [0.717, 1.165) is 17.0 Å². The third-order valence-electron chi connectivity index (χ3n) is 5.23. The minimum Gasteiger partial charge on any atom is -0.443 e. The summed E-state index contributed by atoms with van der Waals surface area (Å²) in [7, 11) is 1.50. The molecule has 22 heavy (non-hydrogen) atoms. The van der Waals surface area contributed by atoms with Gasteiger partial charge in [-0.15, -0.1) is 0 Å². The van der Waals surface area contributed by atoms with Crippen molar-refractivity contribution in [3.63, 3.8) is 0 Å². The minimum atomic E-state index is 0.647. The third kappa shape index (κ3) is 1.96. The molecule has 6 rings (SSSR count). The summed E-state index contributed by atoms with van der Waals surface area (Å²) < 4.78 is 5.46. The van der Waals surface area contributed by atoms with Gasteiger partial charge in [-0.05, 0) is 56.6 Å². The van der Waals surface area contributed by atoms with Crippen LogP contribution in [0.15, 0.2) is 29.1 Å². The number of piperidine rings is 3. The molecular formula is C17H22N4O. The highest BCUT2D eigenvalue weighted by atomic mass is 16.3. The average molecular weight is 298 g/mol. The number of nitrogens with two attached hydrogens (primary N) is 1. The molecular weight excluding hydrogens is 276 g/mol. The maximum Gasteiger partial charge on any atom is 0.182 e. The van der Waals surface area contributed by atoms with Gasteiger partial charge in [-0.3, -0.25) is 0 Å². The van der Waals surface area contributed by atoms with Crippen LogP contribution in [0.3, 0.4) is 0 Å². The Labute approximate surface area is 129 Å². The number of benzene rings is 1. The van der Waals surface area contributed by atoms with Crippen LogP contribution in [0.1, 0.15) is 24.3 Å². The van der Waals surface area contributed by atoms with E-state index in [2.05, 4.69) is 32.9 Å². The highest BCUT2D eigenvalue weighted by molar-refractivity contribution is 6.04. The Morgan fingerprint density at radius 1 is 1.27 bits per heavy atom. The summed E-state index contributed by atoms with van der Waals surface area (Å²) in [6.45, 7) is 3.76. The second-order valence-corrected chi connectivity index (χ2v) is 6.18. The molecule has 3 aliphatic rings. The van der Waals surface area contributed by atoms with Crippen molar-refractivity contribution in [2.45, 2.75) is 18.8 Å². The number of aromatic nitrogens is 2. The van der Waals surface area contributed by atoms with Crippen LogP contribution >= 0.6 is 0 Å². The molecule has 5 heteroatoms. The van der Waals surface area contributed by atoms with Crippen LogP contribution in [-0.2, 0) is 0 Å². The molecule has 3 aliphatic heterocycles. The second kappa shape index (κ2) is 5.41. The Morgan fingerprint density at radius 2 is 2.09 bits per heavy atom. The van der Waals surface area contributed by atoms with E-state index in [1.807, 2.05) is 6.07 Å². The quantitative estimate of drug-likeness (QED) is 0.724. The summed E-state index contributed by atoms with van der Waals surface area (Å²) in [5.41, 5.74) is 9.02. The topological polar surface area (TPSA) is 71.1 Å². The molecule has 0 amide bonds. The van der Waals surface area contributed by atoms with Crippen LogP contribution in [0, 0.1) is 5.92 Å². The Bertz CT molecular complexity index is 782. The summed E-state index contributed by atoms with van der Waals surface area (Å²) in [4.78, 5) is 10.5. The number of nitrogens with zero attached hydrogens (tertiary/aromatic N) is 2. The van der Waals surface area contributed by atoms with Crippen LogP contribution in [0.4, 0.5) is 0 Å². The fourth-order valence-corrected chi connectivity index (χ4v) is 4.18. The van der Waals surface area contributed by atoms with Crippen LogP contribution in [0.25, 0.3) is 22.0 Å². The van der Waals surface area contributed by atoms with Crippen molar-refractivity contribution in [2.75, 3.05) is 26.7 Å². The third-order valence-corrected chi connectivity index (χ3v) is 5.23. The first-order chi connectivity index (χ1) is 10.9. The van der Waals surface area contributed by atoms with Crippen molar-refractivity contribution in [3.8, 4) is 0 Å². The number of aromatic amines is 1. The predicted molar refractivity (Wildman–Crippen MR) is 87.9 cm³/mol. The van der Waals surface area contributed by atoms with E-state index >= 15 is 0 Å². The number of oxazole rings is 1. The average Bonchev–Trinajstić information content (AvgIpc) is 3.23. The zero-order valence-electron chi connectivity index (χ0n) is 12.9. The fourth-order valence-electron chi connectivity index (χ4n) is 4.18. The highest BCUT2D eigenvalue weighted by Crippen LogP contribution is 2.42. The fraction of sp³-hybridized carbons (Fsp3) is 0.471. The zero-order valence-corrected chi connectivity index (χ0v) is 12.9. The standard InChI is InChI=1S/C16H17N3O.CH5N/c1-2-14-16(18-9-20-14)15-11(7-17-13(1)15)12-8-19-5-3-10(12)4-6-19;1-2/h1-2,7,9-10,12,17H,3-6,8H2;2H2,1H3. The summed E-state index contributed by atoms with van der Waals surface area (Å²) in [5, 5.41) is 1.27. The second-order valence-electron chi connectivity index (χ2n) is 6.18. The van der Waals surface area contributed by atoms with Gasteiger partial charge in [0.15, 0.2) is 12.0 Å². The Hall–Kier alpha value is -1.85. The van der Waals surface area contributed by atoms with E-state index in [0.29, 0.717) is 5.92 Å². The molecule has 1 atom stereocenters. The number of nitrogens with one attached hydrogen (secondary N) is 1. The Kier molecular flexibility index (Phi) is 3.39. The lowest BCUT2D eigenvalue weighted by molar-refractivity contribution is 0.0877. The molecule has 0 spiro atoms. The number of fused-ring (bicyclic) bond motifs is 6. The van der Waals surface area contributed by atoms with Crippen LogP contribution in [0.2, 0.25) is 0 Å². The van der Waals surface area contributed by atoms with Crippen molar-refractivity contribution < 1.29 is 4.42 Å². The van der Waals surface area contributed by atoms with Crippen molar-refractivity contribution in [3.05, 3.63) is 30.3 Å². The van der Waals surface area contributed by atoms with Gasteiger partial charge in [-0.25, -0.2) is 4.98 Å². The maximum atomic E-state index is 5.46. The van der Waals surface area contributed by atoms with Crippen molar-refractivity contribution in [1.29, 1.82) is 0 Å². The largest absolute Gasteiger partial charge is 0.443 e. The first-order valence-electron chi connectivity index (χ1n) is 8.03. The molecule has 0 saturated carbocycles. The number of H-pyrrole nitrogens is 1. The van der Waals surface area contributed by atoms with E-state index < -0.39 is 0 Å². The number of hydrogen-bond donors (Lipinski definition) is 2. The van der Waals surface area contributed by atoms with Gasteiger partial charge in [-0.2, -0.15) is 0 Å². The van der Waals surface area contributed by atoms with Crippen molar-refractivity contribution >= 4 is 22.0 Å². The molecule has 3 aromatic rings. The van der Waals surface area contributed by atoms with Crippen molar-refractivity contribution in [1.82, 2.24) is 14.9 Å². The molecule has 0 radical (unpaired) electrons. The summed E-state index contributed by atoms with van der Waals surface area (Å²) in [6, 6.07) is 4.11. The molecule has 3 N–H and O–H groups in total. The lowest BCUT2D eigenvalue weighted by Crippen LogP contribution is -2.46. The Morgan fingerprint density at radius 3 is 2.82 bits per heavy atom. The van der Waals surface area contributed by atoms with E-state index in [4.69, 9.17) is 4.42 Å². The van der Waals surface area contributed by atoms with E-state index in [1.54, 1.807) is 6.39 Å². The molecule has 3 saturated heterocycles. The molecule has 1 aromatic carbocycles. The van der Waals surface area contributed by atoms with Gasteiger partial charge in [0.25, 0.3) is 0 Å². The van der Waals surface area contributed by atoms with Gasteiger partial charge in [-0.1, -0.05) is 0 Å². The lowest BCUT2D eigenvalue weighted by Gasteiger charge is -2.44. The Balaban J connectivity index is 0.000000602. The van der Waals surface area contributed by atoms with Gasteiger partial charge in [0.2, 0.25) is 0 Å². The summed E-state index contributed by atoms with van der Waals surface area (Å²) in [6.07, 6.45) is 6.43. The summed E-state index contributed by atoms with van der Waals surface area (Å²) >= 11 is 0. The smallest absolute Gasteiger partial charge is 0.182 e. The first kappa shape index (κ1) is 13.8. The monoisotopic (exact) mass is 298 g/mol. The molecule has 5 heterocycles. The first-order valence-corrected chi connectivity index (χ1v) is 8.03. The van der Waals surface area contributed by atoms with Crippen molar-refractivity contribution in [2.24, 2.45) is 11.7 Å². The molecule has 2 aromatic heterocycles. The summed E-state index contributed by atoms with van der Waals surface area (Å²) in [5.74, 6) is 1.48. The molecule has 0 aliphatic carbocycles. The van der Waals surface area contributed by atoms with Crippen LogP contribution in [-0.4, -0.2) is 41.5 Å². The molecule has 5 nitrogen and oxygen atoms in total. The lowest BCUT2D eigenvalue weighted by atomic mass is 9.75. The molecule has 1 unspecified atom stereocenters.